The normalized spacial score (nSPS) is 11.8. The minimum absolute atomic E-state index is 0.0906. The maximum absolute atomic E-state index is 13.0. The molecule has 0 fully saturated rings. The van der Waals surface area contributed by atoms with Crippen molar-refractivity contribution in [3.8, 4) is 22.8 Å². The summed E-state index contributed by atoms with van der Waals surface area (Å²) in [6.45, 7) is 5.84. The van der Waals surface area contributed by atoms with E-state index in [4.69, 9.17) is 4.74 Å². The lowest BCUT2D eigenvalue weighted by atomic mass is 10.1. The number of ether oxygens (including phenoxy) is 1. The maximum atomic E-state index is 13.0. The second-order valence-corrected chi connectivity index (χ2v) is 8.90. The third kappa shape index (κ3) is 4.90. The monoisotopic (exact) mass is 459 g/mol. The van der Waals surface area contributed by atoms with E-state index in [0.29, 0.717) is 11.0 Å². The minimum atomic E-state index is -0.393. The summed E-state index contributed by atoms with van der Waals surface area (Å²) >= 11 is 1.36. The number of amides is 1. The first-order valence-corrected chi connectivity index (χ1v) is 11.4. The summed E-state index contributed by atoms with van der Waals surface area (Å²) in [6, 6.07) is 17.4. The Labute approximate surface area is 197 Å². The van der Waals surface area contributed by atoms with Crippen molar-refractivity contribution in [3.05, 3.63) is 78.1 Å². The Kier molecular flexibility index (Phi) is 6.74. The van der Waals surface area contributed by atoms with E-state index >= 15 is 0 Å². The third-order valence-electron chi connectivity index (χ3n) is 5.28. The molecule has 0 spiro atoms. The van der Waals surface area contributed by atoms with Gasteiger partial charge in [0, 0.05) is 29.3 Å². The lowest BCUT2D eigenvalue weighted by Crippen LogP contribution is -2.23. The first kappa shape index (κ1) is 22.5. The summed E-state index contributed by atoms with van der Waals surface area (Å²) < 4.78 is 7.24. The number of pyridine rings is 1. The number of para-hydroxylation sites is 1. The highest BCUT2D eigenvalue weighted by molar-refractivity contribution is 8.00. The van der Waals surface area contributed by atoms with Crippen molar-refractivity contribution in [3.63, 3.8) is 0 Å². The van der Waals surface area contributed by atoms with Crippen LogP contribution in [0, 0.1) is 13.8 Å². The molecule has 4 aromatic rings. The summed E-state index contributed by atoms with van der Waals surface area (Å²) in [7, 11) is 1.63. The Morgan fingerprint density at radius 1 is 1.00 bits per heavy atom. The number of carbonyl (C=O) groups is 1. The van der Waals surface area contributed by atoms with Gasteiger partial charge in [-0.05, 0) is 68.3 Å². The molecule has 0 unspecified atom stereocenters. The minimum Gasteiger partial charge on any atom is -0.497 e. The summed E-state index contributed by atoms with van der Waals surface area (Å²) in [6.07, 6.45) is 3.44. The quantitative estimate of drug-likeness (QED) is 0.389. The van der Waals surface area contributed by atoms with Gasteiger partial charge in [0.1, 0.15) is 5.75 Å². The predicted octanol–water partition coefficient (Wildman–Crippen LogP) is 5.07. The molecule has 8 heteroatoms. The zero-order valence-electron chi connectivity index (χ0n) is 18.9. The molecule has 1 N–H and O–H groups in total. The van der Waals surface area contributed by atoms with Crippen molar-refractivity contribution in [2.45, 2.75) is 31.2 Å². The zero-order chi connectivity index (χ0) is 23.4. The Bertz CT molecular complexity index is 1240. The fourth-order valence-electron chi connectivity index (χ4n) is 3.45. The lowest BCUT2D eigenvalue weighted by Gasteiger charge is -2.16. The standard InChI is InChI=1S/C25H25N5O2S/c1-16-6-5-7-17(2)22(16)27-24(31)18(3)33-25-29-28-23(19-12-14-26-15-13-19)30(25)20-8-10-21(32-4)11-9-20/h5-15,18H,1-4H3,(H,27,31)/t18-/m0/s1. The van der Waals surface area contributed by atoms with Crippen molar-refractivity contribution >= 4 is 23.4 Å². The van der Waals surface area contributed by atoms with Crippen LogP contribution in [0.15, 0.2) is 72.1 Å². The number of aryl methyl sites for hydroxylation is 2. The van der Waals surface area contributed by atoms with E-state index in [-0.39, 0.29) is 5.91 Å². The Hall–Kier alpha value is -3.65. The van der Waals surface area contributed by atoms with Crippen LogP contribution in [0.3, 0.4) is 0 Å². The fraction of sp³-hybridized carbons (Fsp3) is 0.200. The van der Waals surface area contributed by atoms with Gasteiger partial charge in [0.15, 0.2) is 11.0 Å². The molecule has 0 radical (unpaired) electrons. The van der Waals surface area contributed by atoms with Crippen LogP contribution in [0.4, 0.5) is 5.69 Å². The number of nitrogens with one attached hydrogen (secondary N) is 1. The summed E-state index contributed by atoms with van der Waals surface area (Å²) in [5.74, 6) is 1.34. The molecule has 2 heterocycles. The molecule has 1 amide bonds. The Morgan fingerprint density at radius 2 is 1.67 bits per heavy atom. The largest absolute Gasteiger partial charge is 0.497 e. The Balaban J connectivity index is 1.65. The van der Waals surface area contributed by atoms with Crippen LogP contribution in [0.5, 0.6) is 5.75 Å². The van der Waals surface area contributed by atoms with E-state index in [9.17, 15) is 4.79 Å². The van der Waals surface area contributed by atoms with E-state index in [2.05, 4.69) is 20.5 Å². The van der Waals surface area contributed by atoms with Crippen LogP contribution in [-0.4, -0.2) is 38.0 Å². The molecule has 2 aromatic carbocycles. The number of rotatable bonds is 7. The van der Waals surface area contributed by atoms with Crippen LogP contribution in [0.1, 0.15) is 18.1 Å². The van der Waals surface area contributed by atoms with E-state index < -0.39 is 5.25 Å². The number of nitrogens with zero attached hydrogens (tertiary/aromatic N) is 4. The van der Waals surface area contributed by atoms with E-state index in [0.717, 1.165) is 33.8 Å². The summed E-state index contributed by atoms with van der Waals surface area (Å²) in [4.78, 5) is 17.1. The average molecular weight is 460 g/mol. The van der Waals surface area contributed by atoms with Crippen LogP contribution < -0.4 is 10.1 Å². The molecule has 0 aliphatic carbocycles. The number of thioether (sulfide) groups is 1. The van der Waals surface area contributed by atoms with Crippen LogP contribution in [0.25, 0.3) is 17.1 Å². The highest BCUT2D eigenvalue weighted by Crippen LogP contribution is 2.31. The van der Waals surface area contributed by atoms with Gasteiger partial charge >= 0.3 is 0 Å². The van der Waals surface area contributed by atoms with Crippen LogP contribution >= 0.6 is 11.8 Å². The van der Waals surface area contributed by atoms with Crippen molar-refractivity contribution in [1.29, 1.82) is 0 Å². The van der Waals surface area contributed by atoms with E-state index in [1.165, 1.54) is 11.8 Å². The van der Waals surface area contributed by atoms with Crippen molar-refractivity contribution in [1.82, 2.24) is 19.7 Å². The molecule has 0 saturated carbocycles. The van der Waals surface area contributed by atoms with Gasteiger partial charge in [-0.25, -0.2) is 0 Å². The molecular weight excluding hydrogens is 434 g/mol. The van der Waals surface area contributed by atoms with Gasteiger partial charge in [0.05, 0.1) is 12.4 Å². The molecule has 4 rings (SSSR count). The van der Waals surface area contributed by atoms with Gasteiger partial charge < -0.3 is 10.1 Å². The highest BCUT2D eigenvalue weighted by atomic mass is 32.2. The number of hydrogen-bond donors (Lipinski definition) is 1. The number of benzene rings is 2. The Morgan fingerprint density at radius 3 is 2.30 bits per heavy atom. The van der Waals surface area contributed by atoms with Gasteiger partial charge in [-0.1, -0.05) is 30.0 Å². The van der Waals surface area contributed by atoms with Crippen molar-refractivity contribution in [2.24, 2.45) is 0 Å². The molecule has 0 aliphatic heterocycles. The maximum Gasteiger partial charge on any atom is 0.237 e. The van der Waals surface area contributed by atoms with Crippen molar-refractivity contribution < 1.29 is 9.53 Å². The van der Waals surface area contributed by atoms with Gasteiger partial charge in [0.2, 0.25) is 5.91 Å². The molecule has 168 valence electrons. The molecule has 7 nitrogen and oxygen atoms in total. The molecule has 2 aromatic heterocycles. The number of carbonyl (C=O) groups excluding carboxylic acids is 1. The van der Waals surface area contributed by atoms with Gasteiger partial charge in [-0.15, -0.1) is 10.2 Å². The zero-order valence-corrected chi connectivity index (χ0v) is 19.8. The topological polar surface area (TPSA) is 81.9 Å². The number of aromatic nitrogens is 4. The SMILES string of the molecule is COc1ccc(-n2c(S[C@@H](C)C(=O)Nc3c(C)cccc3C)nnc2-c2ccncc2)cc1. The van der Waals surface area contributed by atoms with Crippen LogP contribution in [-0.2, 0) is 4.79 Å². The molecular formula is C25H25N5O2S. The first-order valence-electron chi connectivity index (χ1n) is 10.5. The number of methoxy groups -OCH3 is 1. The third-order valence-corrected chi connectivity index (χ3v) is 6.33. The molecule has 0 bridgehead atoms. The highest BCUT2D eigenvalue weighted by Gasteiger charge is 2.22. The first-order chi connectivity index (χ1) is 16.0. The number of anilines is 1. The summed E-state index contributed by atoms with van der Waals surface area (Å²) in [5, 5.41) is 12.1. The average Bonchev–Trinajstić information content (AvgIpc) is 3.25. The van der Waals surface area contributed by atoms with E-state index in [1.807, 2.05) is 79.9 Å². The number of hydrogen-bond acceptors (Lipinski definition) is 6. The molecule has 0 saturated heterocycles. The van der Waals surface area contributed by atoms with Gasteiger partial charge in [0.25, 0.3) is 0 Å². The lowest BCUT2D eigenvalue weighted by molar-refractivity contribution is -0.115. The van der Waals surface area contributed by atoms with Crippen LogP contribution in [0.2, 0.25) is 0 Å². The molecule has 1 atom stereocenters. The second kappa shape index (κ2) is 9.87. The second-order valence-electron chi connectivity index (χ2n) is 7.59. The van der Waals surface area contributed by atoms with Gasteiger partial charge in [-0.2, -0.15) is 0 Å². The van der Waals surface area contributed by atoms with E-state index in [1.54, 1.807) is 19.5 Å². The fourth-order valence-corrected chi connectivity index (χ4v) is 4.31. The molecule has 33 heavy (non-hydrogen) atoms. The van der Waals surface area contributed by atoms with Gasteiger partial charge in [-0.3, -0.25) is 14.3 Å². The smallest absolute Gasteiger partial charge is 0.237 e. The predicted molar refractivity (Wildman–Crippen MR) is 131 cm³/mol. The van der Waals surface area contributed by atoms with Crippen molar-refractivity contribution in [2.75, 3.05) is 12.4 Å². The molecule has 0 aliphatic rings. The summed E-state index contributed by atoms with van der Waals surface area (Å²) in [5.41, 5.74) is 4.66.